The van der Waals surface area contributed by atoms with Gasteiger partial charge in [0, 0.05) is 18.6 Å². The van der Waals surface area contributed by atoms with Crippen molar-refractivity contribution in [3.63, 3.8) is 0 Å². The van der Waals surface area contributed by atoms with E-state index in [0.717, 1.165) is 19.3 Å². The highest BCUT2D eigenvalue weighted by Gasteiger charge is 2.17. The normalized spacial score (nSPS) is 19.1. The zero-order chi connectivity index (χ0) is 12.4. The quantitative estimate of drug-likeness (QED) is 0.757. The second kappa shape index (κ2) is 4.72. The van der Waals surface area contributed by atoms with Crippen molar-refractivity contribution >= 4 is 0 Å². The molecule has 0 fully saturated rings. The van der Waals surface area contributed by atoms with E-state index >= 15 is 0 Å². The number of pyridine rings is 1. The van der Waals surface area contributed by atoms with Gasteiger partial charge >= 0.3 is 0 Å². The van der Waals surface area contributed by atoms with Crippen LogP contribution in [0, 0.1) is 5.82 Å². The second-order valence-corrected chi connectivity index (χ2v) is 4.42. The predicted molar refractivity (Wildman–Crippen MR) is 67.4 cm³/mol. The number of imidazole rings is 1. The van der Waals surface area contributed by atoms with E-state index in [2.05, 4.69) is 22.1 Å². The van der Waals surface area contributed by atoms with Crippen LogP contribution in [0.3, 0.4) is 0 Å². The molecule has 18 heavy (non-hydrogen) atoms. The van der Waals surface area contributed by atoms with Crippen molar-refractivity contribution in [1.29, 1.82) is 0 Å². The fourth-order valence-electron chi connectivity index (χ4n) is 2.34. The van der Waals surface area contributed by atoms with Gasteiger partial charge in [-0.2, -0.15) is 0 Å². The van der Waals surface area contributed by atoms with Gasteiger partial charge in [-0.25, -0.2) is 14.4 Å². The summed E-state index contributed by atoms with van der Waals surface area (Å²) < 4.78 is 15.8. The molecule has 3 rings (SSSR count). The van der Waals surface area contributed by atoms with Crippen molar-refractivity contribution in [3.8, 4) is 11.5 Å². The molecule has 1 aliphatic rings. The predicted octanol–water partition coefficient (Wildman–Crippen LogP) is 3.37. The SMILES string of the molecule is Fc1cccnc1-c1nccn1C1C=CCCC1. The summed E-state index contributed by atoms with van der Waals surface area (Å²) in [5.74, 6) is 0.273. The van der Waals surface area contributed by atoms with Crippen LogP contribution in [0.1, 0.15) is 25.3 Å². The van der Waals surface area contributed by atoms with Crippen LogP contribution in [0.4, 0.5) is 4.39 Å². The third-order valence-corrected chi connectivity index (χ3v) is 3.23. The van der Waals surface area contributed by atoms with Gasteiger partial charge in [0.05, 0.1) is 6.04 Å². The smallest absolute Gasteiger partial charge is 0.162 e. The Bertz CT molecular complexity index is 574. The van der Waals surface area contributed by atoms with Crippen LogP contribution >= 0.6 is 0 Å². The third-order valence-electron chi connectivity index (χ3n) is 3.23. The minimum atomic E-state index is -0.329. The number of rotatable bonds is 2. The van der Waals surface area contributed by atoms with Crippen LogP contribution < -0.4 is 0 Å². The summed E-state index contributed by atoms with van der Waals surface area (Å²) >= 11 is 0. The van der Waals surface area contributed by atoms with E-state index in [1.807, 2.05) is 10.8 Å². The zero-order valence-electron chi connectivity index (χ0n) is 9.96. The van der Waals surface area contributed by atoms with Crippen LogP contribution in [0.2, 0.25) is 0 Å². The summed E-state index contributed by atoms with van der Waals surface area (Å²) in [4.78, 5) is 8.34. The highest BCUT2D eigenvalue weighted by molar-refractivity contribution is 5.50. The molecular weight excluding hydrogens is 229 g/mol. The third kappa shape index (κ3) is 1.94. The molecule has 1 atom stereocenters. The number of nitrogens with zero attached hydrogens (tertiary/aromatic N) is 3. The molecule has 2 aromatic rings. The van der Waals surface area contributed by atoms with Crippen LogP contribution in [0.15, 0.2) is 42.9 Å². The summed E-state index contributed by atoms with van der Waals surface area (Å²) in [6.45, 7) is 0. The summed E-state index contributed by atoms with van der Waals surface area (Å²) in [6, 6.07) is 3.27. The molecule has 92 valence electrons. The molecule has 0 radical (unpaired) electrons. The first kappa shape index (κ1) is 11.1. The molecule has 2 heterocycles. The first-order chi connectivity index (χ1) is 8.86. The number of halogens is 1. The Morgan fingerprint density at radius 2 is 2.22 bits per heavy atom. The van der Waals surface area contributed by atoms with Gasteiger partial charge in [0.15, 0.2) is 11.6 Å². The number of hydrogen-bond donors (Lipinski definition) is 0. The molecule has 0 saturated carbocycles. The molecular formula is C14H14FN3. The minimum absolute atomic E-state index is 0.262. The average molecular weight is 243 g/mol. The number of hydrogen-bond acceptors (Lipinski definition) is 2. The van der Waals surface area contributed by atoms with Crippen LogP contribution in [-0.4, -0.2) is 14.5 Å². The van der Waals surface area contributed by atoms with Gasteiger partial charge in [0.25, 0.3) is 0 Å². The van der Waals surface area contributed by atoms with Crippen molar-refractivity contribution < 1.29 is 4.39 Å². The van der Waals surface area contributed by atoms with Gasteiger partial charge in [0.2, 0.25) is 0 Å². The average Bonchev–Trinajstić information content (AvgIpc) is 2.89. The Morgan fingerprint density at radius 1 is 1.28 bits per heavy atom. The zero-order valence-corrected chi connectivity index (χ0v) is 9.96. The lowest BCUT2D eigenvalue weighted by Gasteiger charge is -2.20. The maximum absolute atomic E-state index is 13.8. The molecule has 0 spiro atoms. The Hall–Kier alpha value is -1.97. The lowest BCUT2D eigenvalue weighted by molar-refractivity contribution is 0.519. The summed E-state index contributed by atoms with van der Waals surface area (Å²) in [7, 11) is 0. The van der Waals surface area contributed by atoms with E-state index in [1.54, 1.807) is 18.5 Å². The Balaban J connectivity index is 2.04. The molecule has 3 nitrogen and oxygen atoms in total. The van der Waals surface area contributed by atoms with Crippen molar-refractivity contribution in [2.45, 2.75) is 25.3 Å². The largest absolute Gasteiger partial charge is 0.323 e. The molecule has 0 amide bonds. The van der Waals surface area contributed by atoms with Crippen LogP contribution in [0.25, 0.3) is 11.5 Å². The first-order valence-corrected chi connectivity index (χ1v) is 6.16. The van der Waals surface area contributed by atoms with Gasteiger partial charge in [-0.1, -0.05) is 12.2 Å². The molecule has 2 aromatic heterocycles. The Morgan fingerprint density at radius 3 is 3.00 bits per heavy atom. The molecule has 1 unspecified atom stereocenters. The van der Waals surface area contributed by atoms with Crippen molar-refractivity contribution in [2.24, 2.45) is 0 Å². The fraction of sp³-hybridized carbons (Fsp3) is 0.286. The van der Waals surface area contributed by atoms with E-state index in [9.17, 15) is 4.39 Å². The van der Waals surface area contributed by atoms with E-state index in [4.69, 9.17) is 0 Å². The van der Waals surface area contributed by atoms with Crippen molar-refractivity contribution in [1.82, 2.24) is 14.5 Å². The monoisotopic (exact) mass is 243 g/mol. The number of allylic oxidation sites excluding steroid dienone is 2. The summed E-state index contributed by atoms with van der Waals surface area (Å²) in [5.41, 5.74) is 0.321. The van der Waals surface area contributed by atoms with Gasteiger partial charge in [0.1, 0.15) is 5.69 Å². The lowest BCUT2D eigenvalue weighted by atomic mass is 10.0. The second-order valence-electron chi connectivity index (χ2n) is 4.42. The van der Waals surface area contributed by atoms with E-state index in [0.29, 0.717) is 11.5 Å². The first-order valence-electron chi connectivity index (χ1n) is 6.16. The van der Waals surface area contributed by atoms with Gasteiger partial charge < -0.3 is 4.57 Å². The van der Waals surface area contributed by atoms with Crippen LogP contribution in [-0.2, 0) is 0 Å². The van der Waals surface area contributed by atoms with Crippen molar-refractivity contribution in [2.75, 3.05) is 0 Å². The molecule has 4 heteroatoms. The topological polar surface area (TPSA) is 30.7 Å². The highest BCUT2D eigenvalue weighted by Crippen LogP contribution is 2.27. The minimum Gasteiger partial charge on any atom is -0.323 e. The summed E-state index contributed by atoms with van der Waals surface area (Å²) in [6.07, 6.45) is 12.9. The van der Waals surface area contributed by atoms with Gasteiger partial charge in [-0.3, -0.25) is 0 Å². The van der Waals surface area contributed by atoms with Gasteiger partial charge in [-0.05, 0) is 31.4 Å². The van der Waals surface area contributed by atoms with Crippen molar-refractivity contribution in [3.05, 3.63) is 48.7 Å². The molecule has 1 aliphatic carbocycles. The van der Waals surface area contributed by atoms with E-state index in [1.165, 1.54) is 6.07 Å². The molecule has 0 saturated heterocycles. The maximum atomic E-state index is 13.8. The van der Waals surface area contributed by atoms with Crippen LogP contribution in [0.5, 0.6) is 0 Å². The highest BCUT2D eigenvalue weighted by atomic mass is 19.1. The lowest BCUT2D eigenvalue weighted by Crippen LogP contribution is -2.10. The Kier molecular flexibility index (Phi) is 2.92. The molecule has 0 bridgehead atoms. The van der Waals surface area contributed by atoms with E-state index < -0.39 is 0 Å². The fourth-order valence-corrected chi connectivity index (χ4v) is 2.34. The molecule has 0 N–H and O–H groups in total. The summed E-state index contributed by atoms with van der Waals surface area (Å²) in [5, 5.41) is 0. The standard InChI is InChI=1S/C14H14FN3/c15-12-7-4-8-16-13(12)14-17-9-10-18(14)11-5-2-1-3-6-11/h2,4-5,7-11H,1,3,6H2. The Labute approximate surface area is 105 Å². The maximum Gasteiger partial charge on any atom is 0.162 e. The van der Waals surface area contributed by atoms with Gasteiger partial charge in [-0.15, -0.1) is 0 Å². The molecule has 0 aromatic carbocycles. The molecule has 0 aliphatic heterocycles. The number of aromatic nitrogens is 3. The van der Waals surface area contributed by atoms with E-state index in [-0.39, 0.29) is 11.9 Å².